The molecular weight excluding hydrogens is 174 g/mol. The third-order valence-corrected chi connectivity index (χ3v) is 1.64. The fourth-order valence-electron chi connectivity index (χ4n) is 0.811. The third-order valence-electron chi connectivity index (χ3n) is 1.34. The van der Waals surface area contributed by atoms with Gasteiger partial charge in [-0.25, -0.2) is 4.98 Å². The summed E-state index contributed by atoms with van der Waals surface area (Å²) in [6.07, 6.45) is 4.68. The molecule has 0 atom stereocenters. The summed E-state index contributed by atoms with van der Waals surface area (Å²) in [4.78, 5) is 15.0. The first-order valence-electron chi connectivity index (χ1n) is 3.53. The van der Waals surface area contributed by atoms with Crippen molar-refractivity contribution in [3.63, 3.8) is 0 Å². The molecular formula is C9H8ClNO. The van der Waals surface area contributed by atoms with Gasteiger partial charge in [-0.1, -0.05) is 17.7 Å². The minimum Gasteiger partial charge on any atom is -0.289 e. The molecule has 1 heterocycles. The molecule has 3 heteroatoms. The number of hydrogen-bond donors (Lipinski definition) is 0. The maximum atomic E-state index is 11.3. The van der Waals surface area contributed by atoms with Crippen molar-refractivity contribution in [1.29, 1.82) is 0 Å². The van der Waals surface area contributed by atoms with Crippen molar-refractivity contribution in [2.24, 2.45) is 0 Å². The van der Waals surface area contributed by atoms with Crippen LogP contribution in [0.4, 0.5) is 0 Å². The summed E-state index contributed by atoms with van der Waals surface area (Å²) in [5, 5.41) is 0.251. The summed E-state index contributed by atoms with van der Waals surface area (Å²) >= 11 is 5.69. The first-order valence-corrected chi connectivity index (χ1v) is 3.91. The summed E-state index contributed by atoms with van der Waals surface area (Å²) in [7, 11) is 0. The van der Waals surface area contributed by atoms with E-state index >= 15 is 0 Å². The summed E-state index contributed by atoms with van der Waals surface area (Å²) in [6, 6.07) is 3.33. The summed E-state index contributed by atoms with van der Waals surface area (Å²) < 4.78 is 0. The van der Waals surface area contributed by atoms with Crippen LogP contribution in [0.5, 0.6) is 0 Å². The number of allylic oxidation sites excluding steroid dienone is 2. The molecule has 0 aromatic carbocycles. The highest BCUT2D eigenvalue weighted by Gasteiger charge is 2.05. The molecule has 0 saturated carbocycles. The molecule has 0 bridgehead atoms. The second-order valence-electron chi connectivity index (χ2n) is 2.21. The predicted molar refractivity (Wildman–Crippen MR) is 48.4 cm³/mol. The zero-order chi connectivity index (χ0) is 8.97. The molecule has 62 valence electrons. The van der Waals surface area contributed by atoms with E-state index in [0.29, 0.717) is 5.56 Å². The van der Waals surface area contributed by atoms with Crippen molar-refractivity contribution in [2.45, 2.75) is 6.92 Å². The van der Waals surface area contributed by atoms with Gasteiger partial charge in [0.2, 0.25) is 0 Å². The van der Waals surface area contributed by atoms with Gasteiger partial charge < -0.3 is 0 Å². The summed E-state index contributed by atoms with van der Waals surface area (Å²) in [5.74, 6) is -0.115. The van der Waals surface area contributed by atoms with Crippen LogP contribution in [-0.2, 0) is 0 Å². The van der Waals surface area contributed by atoms with Crippen LogP contribution in [-0.4, -0.2) is 10.8 Å². The van der Waals surface area contributed by atoms with Crippen molar-refractivity contribution >= 4 is 17.4 Å². The normalized spacial score (nSPS) is 10.5. The van der Waals surface area contributed by atoms with E-state index in [1.165, 1.54) is 6.08 Å². The van der Waals surface area contributed by atoms with E-state index in [0.717, 1.165) is 0 Å². The molecule has 0 saturated heterocycles. The van der Waals surface area contributed by atoms with Crippen molar-refractivity contribution in [2.75, 3.05) is 0 Å². The van der Waals surface area contributed by atoms with Crippen LogP contribution in [0.15, 0.2) is 30.5 Å². The van der Waals surface area contributed by atoms with Gasteiger partial charge in [0.15, 0.2) is 5.78 Å². The largest absolute Gasteiger partial charge is 0.289 e. The highest BCUT2D eigenvalue weighted by molar-refractivity contribution is 6.33. The van der Waals surface area contributed by atoms with Crippen molar-refractivity contribution in [1.82, 2.24) is 4.98 Å². The molecule has 0 aliphatic heterocycles. The van der Waals surface area contributed by atoms with Crippen LogP contribution in [0.2, 0.25) is 5.15 Å². The monoisotopic (exact) mass is 181 g/mol. The molecule has 0 spiro atoms. The second-order valence-corrected chi connectivity index (χ2v) is 2.56. The lowest BCUT2D eigenvalue weighted by molar-refractivity contribution is 0.104. The lowest BCUT2D eigenvalue weighted by Gasteiger charge is -1.96. The highest BCUT2D eigenvalue weighted by Crippen LogP contribution is 2.12. The SMILES string of the molecule is C/C=C\C(=O)c1cccnc1Cl. The van der Waals surface area contributed by atoms with E-state index in [1.54, 1.807) is 31.3 Å². The highest BCUT2D eigenvalue weighted by atomic mass is 35.5. The lowest BCUT2D eigenvalue weighted by Crippen LogP contribution is -1.96. The van der Waals surface area contributed by atoms with E-state index in [1.807, 2.05) is 0 Å². The van der Waals surface area contributed by atoms with Gasteiger partial charge in [0.05, 0.1) is 5.56 Å². The molecule has 1 aromatic heterocycles. The van der Waals surface area contributed by atoms with Gasteiger partial charge in [-0.05, 0) is 25.1 Å². The first-order chi connectivity index (χ1) is 5.75. The minimum atomic E-state index is -0.115. The number of rotatable bonds is 2. The molecule has 0 radical (unpaired) electrons. The first kappa shape index (κ1) is 8.94. The van der Waals surface area contributed by atoms with Crippen molar-refractivity contribution in [3.05, 3.63) is 41.2 Å². The van der Waals surface area contributed by atoms with Crippen LogP contribution < -0.4 is 0 Å². The fourth-order valence-corrected chi connectivity index (χ4v) is 1.02. The van der Waals surface area contributed by atoms with Gasteiger partial charge >= 0.3 is 0 Å². The second kappa shape index (κ2) is 4.02. The molecule has 0 amide bonds. The van der Waals surface area contributed by atoms with E-state index in [-0.39, 0.29) is 10.9 Å². The van der Waals surface area contributed by atoms with Gasteiger partial charge in [-0.15, -0.1) is 0 Å². The number of pyridine rings is 1. The van der Waals surface area contributed by atoms with Gasteiger partial charge in [0, 0.05) is 6.20 Å². The average Bonchev–Trinajstić information content (AvgIpc) is 2.05. The molecule has 0 aliphatic rings. The molecule has 1 aromatic rings. The van der Waals surface area contributed by atoms with Gasteiger partial charge in [0.1, 0.15) is 5.15 Å². The Hall–Kier alpha value is -1.15. The third kappa shape index (κ3) is 1.92. The molecule has 0 unspecified atom stereocenters. The maximum Gasteiger partial charge on any atom is 0.188 e. The molecule has 0 N–H and O–H groups in total. The minimum absolute atomic E-state index is 0.115. The number of aromatic nitrogens is 1. The Morgan fingerprint density at radius 1 is 1.67 bits per heavy atom. The maximum absolute atomic E-state index is 11.3. The van der Waals surface area contributed by atoms with E-state index in [2.05, 4.69) is 4.98 Å². The van der Waals surface area contributed by atoms with Crippen LogP contribution in [0, 0.1) is 0 Å². The number of carbonyl (C=O) groups is 1. The van der Waals surface area contributed by atoms with Crippen molar-refractivity contribution in [3.8, 4) is 0 Å². The van der Waals surface area contributed by atoms with E-state index < -0.39 is 0 Å². The van der Waals surface area contributed by atoms with Crippen molar-refractivity contribution < 1.29 is 4.79 Å². The molecule has 0 fully saturated rings. The van der Waals surface area contributed by atoms with Crippen LogP contribution in [0.3, 0.4) is 0 Å². The Balaban J connectivity index is 3.03. The van der Waals surface area contributed by atoms with Crippen LogP contribution >= 0.6 is 11.6 Å². The Labute approximate surface area is 75.9 Å². The number of hydrogen-bond acceptors (Lipinski definition) is 2. The summed E-state index contributed by atoms with van der Waals surface area (Å²) in [5.41, 5.74) is 0.442. The van der Waals surface area contributed by atoms with E-state index in [9.17, 15) is 4.79 Å². The molecule has 0 aliphatic carbocycles. The fraction of sp³-hybridized carbons (Fsp3) is 0.111. The van der Waals surface area contributed by atoms with Crippen LogP contribution in [0.1, 0.15) is 17.3 Å². The number of carbonyl (C=O) groups excluding carboxylic acids is 1. The number of ketones is 1. The standard InChI is InChI=1S/C9H8ClNO/c1-2-4-8(12)7-5-3-6-11-9(7)10/h2-6H,1H3/b4-2-. The van der Waals surface area contributed by atoms with Gasteiger partial charge in [0.25, 0.3) is 0 Å². The number of halogens is 1. The topological polar surface area (TPSA) is 30.0 Å². The summed E-state index contributed by atoms with van der Waals surface area (Å²) in [6.45, 7) is 1.78. The average molecular weight is 182 g/mol. The Bertz CT molecular complexity index is 320. The van der Waals surface area contributed by atoms with Crippen LogP contribution in [0.25, 0.3) is 0 Å². The number of nitrogens with zero attached hydrogens (tertiary/aromatic N) is 1. The quantitative estimate of drug-likeness (QED) is 0.399. The zero-order valence-corrected chi connectivity index (χ0v) is 7.38. The Morgan fingerprint density at radius 2 is 2.42 bits per heavy atom. The molecule has 2 nitrogen and oxygen atoms in total. The zero-order valence-electron chi connectivity index (χ0n) is 6.62. The smallest absolute Gasteiger partial charge is 0.188 e. The lowest BCUT2D eigenvalue weighted by atomic mass is 10.2. The Morgan fingerprint density at radius 3 is 3.00 bits per heavy atom. The van der Waals surface area contributed by atoms with Gasteiger partial charge in [-0.2, -0.15) is 0 Å². The molecule has 12 heavy (non-hydrogen) atoms. The Kier molecular flexibility index (Phi) is 3.00. The van der Waals surface area contributed by atoms with E-state index in [4.69, 9.17) is 11.6 Å². The predicted octanol–water partition coefficient (Wildman–Crippen LogP) is 2.49. The van der Waals surface area contributed by atoms with Gasteiger partial charge in [-0.3, -0.25) is 4.79 Å². The molecule has 1 rings (SSSR count).